The molecule has 1 rings (SSSR count). The first-order valence-corrected chi connectivity index (χ1v) is 3.64. The molecular formula is C6H10ClFO2. The third kappa shape index (κ3) is 1.26. The number of halogens is 2. The summed E-state index contributed by atoms with van der Waals surface area (Å²) in [5.74, 6) is 0. The molecule has 1 fully saturated rings. The molecule has 1 N–H and O–H groups in total. The molecule has 60 valence electrons. The van der Waals surface area contributed by atoms with E-state index in [1.54, 1.807) is 6.92 Å². The van der Waals surface area contributed by atoms with Gasteiger partial charge in [-0.3, -0.25) is 0 Å². The fourth-order valence-electron chi connectivity index (χ4n) is 1.04. The lowest BCUT2D eigenvalue weighted by atomic mass is 10.1. The van der Waals surface area contributed by atoms with Gasteiger partial charge in [-0.25, -0.2) is 4.39 Å². The van der Waals surface area contributed by atoms with E-state index in [9.17, 15) is 4.39 Å². The maximum atomic E-state index is 12.0. The molecule has 10 heavy (non-hydrogen) atoms. The maximum absolute atomic E-state index is 12.0. The lowest BCUT2D eigenvalue weighted by Gasteiger charge is -2.08. The Morgan fingerprint density at radius 1 is 1.70 bits per heavy atom. The van der Waals surface area contributed by atoms with Crippen LogP contribution >= 0.6 is 11.6 Å². The van der Waals surface area contributed by atoms with Crippen molar-refractivity contribution in [3.05, 3.63) is 0 Å². The molecule has 1 heterocycles. The summed E-state index contributed by atoms with van der Waals surface area (Å²) < 4.78 is 16.9. The van der Waals surface area contributed by atoms with Gasteiger partial charge >= 0.3 is 0 Å². The van der Waals surface area contributed by atoms with Crippen LogP contribution in [0.3, 0.4) is 0 Å². The molecule has 0 saturated carbocycles. The van der Waals surface area contributed by atoms with Crippen LogP contribution in [0, 0.1) is 0 Å². The van der Waals surface area contributed by atoms with Gasteiger partial charge in [0.15, 0.2) is 0 Å². The standard InChI is InChI=1S/C6H10ClFO2/c1-3-5(7)6(9)4(2-8)10-3/h3-6,9H,2H2,1H3/t3-,4?,5+,6+/m0/s1. The minimum atomic E-state index is -0.860. The Morgan fingerprint density at radius 2 is 2.30 bits per heavy atom. The molecular weight excluding hydrogens is 159 g/mol. The van der Waals surface area contributed by atoms with E-state index in [4.69, 9.17) is 21.4 Å². The van der Waals surface area contributed by atoms with Gasteiger partial charge in [0.25, 0.3) is 0 Å². The van der Waals surface area contributed by atoms with Crippen LogP contribution in [0.2, 0.25) is 0 Å². The van der Waals surface area contributed by atoms with E-state index in [0.717, 1.165) is 0 Å². The summed E-state index contributed by atoms with van der Waals surface area (Å²) in [6.45, 7) is 1.05. The molecule has 4 heteroatoms. The number of hydrogen-bond acceptors (Lipinski definition) is 2. The zero-order chi connectivity index (χ0) is 7.72. The summed E-state index contributed by atoms with van der Waals surface area (Å²) in [7, 11) is 0. The normalized spacial score (nSPS) is 48.0. The highest BCUT2D eigenvalue weighted by Crippen LogP contribution is 2.25. The highest BCUT2D eigenvalue weighted by Gasteiger charge is 2.39. The number of aliphatic hydroxyl groups excluding tert-OH is 1. The Balaban J connectivity index is 2.53. The molecule has 1 aliphatic rings. The predicted molar refractivity (Wildman–Crippen MR) is 36.0 cm³/mol. The van der Waals surface area contributed by atoms with Crippen LogP contribution in [-0.4, -0.2) is 35.5 Å². The molecule has 0 radical (unpaired) electrons. The molecule has 0 aromatic carbocycles. The van der Waals surface area contributed by atoms with Gasteiger partial charge in [-0.2, -0.15) is 0 Å². The zero-order valence-corrected chi connectivity index (χ0v) is 6.38. The third-order valence-electron chi connectivity index (χ3n) is 1.70. The summed E-state index contributed by atoms with van der Waals surface area (Å²) in [5.41, 5.74) is 0. The summed E-state index contributed by atoms with van der Waals surface area (Å²) in [4.78, 5) is 0. The van der Waals surface area contributed by atoms with Crippen LogP contribution in [0.5, 0.6) is 0 Å². The van der Waals surface area contributed by atoms with Crippen molar-refractivity contribution in [3.8, 4) is 0 Å². The largest absolute Gasteiger partial charge is 0.389 e. The highest BCUT2D eigenvalue weighted by molar-refractivity contribution is 6.21. The van der Waals surface area contributed by atoms with Crippen molar-refractivity contribution in [3.63, 3.8) is 0 Å². The zero-order valence-electron chi connectivity index (χ0n) is 5.63. The molecule has 4 atom stereocenters. The van der Waals surface area contributed by atoms with Gasteiger partial charge in [0, 0.05) is 0 Å². The quantitative estimate of drug-likeness (QED) is 0.585. The van der Waals surface area contributed by atoms with Crippen molar-refractivity contribution < 1.29 is 14.2 Å². The van der Waals surface area contributed by atoms with E-state index in [0.29, 0.717) is 0 Å². The van der Waals surface area contributed by atoms with Crippen LogP contribution < -0.4 is 0 Å². The van der Waals surface area contributed by atoms with Gasteiger partial charge in [0.1, 0.15) is 18.9 Å². The monoisotopic (exact) mass is 168 g/mol. The van der Waals surface area contributed by atoms with Crippen LogP contribution in [0.25, 0.3) is 0 Å². The second-order valence-corrected chi connectivity index (χ2v) is 2.97. The Morgan fingerprint density at radius 3 is 2.50 bits per heavy atom. The SMILES string of the molecule is C[C@@H]1OC(CF)[C@@H](O)[C@@H]1Cl. The molecule has 0 bridgehead atoms. The molecule has 0 aromatic heterocycles. The van der Waals surface area contributed by atoms with Crippen LogP contribution in [-0.2, 0) is 4.74 Å². The predicted octanol–water partition coefficient (Wildman–Crippen LogP) is 0.711. The summed E-state index contributed by atoms with van der Waals surface area (Å²) in [6.07, 6.45) is -1.84. The Hall–Kier alpha value is 0.140. The summed E-state index contributed by atoms with van der Waals surface area (Å²) in [5, 5.41) is 8.66. The number of rotatable bonds is 1. The number of ether oxygens (including phenoxy) is 1. The van der Waals surface area contributed by atoms with Crippen molar-refractivity contribution in [1.82, 2.24) is 0 Å². The first-order valence-electron chi connectivity index (χ1n) is 3.20. The third-order valence-corrected chi connectivity index (χ3v) is 2.31. The molecule has 2 nitrogen and oxygen atoms in total. The van der Waals surface area contributed by atoms with Gasteiger partial charge in [-0.15, -0.1) is 11.6 Å². The van der Waals surface area contributed by atoms with Crippen molar-refractivity contribution in [2.45, 2.75) is 30.6 Å². The van der Waals surface area contributed by atoms with E-state index in [-0.39, 0.29) is 6.10 Å². The molecule has 1 aliphatic heterocycles. The van der Waals surface area contributed by atoms with Gasteiger partial charge in [0.2, 0.25) is 0 Å². The minimum absolute atomic E-state index is 0.252. The Kier molecular flexibility index (Phi) is 2.50. The number of aliphatic hydroxyl groups is 1. The molecule has 0 spiro atoms. The summed E-state index contributed by atoms with van der Waals surface area (Å²) in [6, 6.07) is 0. The molecule has 0 aromatic rings. The average molecular weight is 169 g/mol. The van der Waals surface area contributed by atoms with Crippen LogP contribution in [0.1, 0.15) is 6.92 Å². The minimum Gasteiger partial charge on any atom is -0.389 e. The molecule has 0 aliphatic carbocycles. The first-order chi connectivity index (χ1) is 4.66. The van der Waals surface area contributed by atoms with Gasteiger partial charge < -0.3 is 9.84 Å². The topological polar surface area (TPSA) is 29.5 Å². The van der Waals surface area contributed by atoms with Crippen molar-refractivity contribution in [1.29, 1.82) is 0 Å². The fraction of sp³-hybridized carbons (Fsp3) is 1.00. The molecule has 1 saturated heterocycles. The van der Waals surface area contributed by atoms with Crippen molar-refractivity contribution in [2.24, 2.45) is 0 Å². The maximum Gasteiger partial charge on any atom is 0.118 e. The van der Waals surface area contributed by atoms with Gasteiger partial charge in [0.05, 0.1) is 11.5 Å². The summed E-state index contributed by atoms with van der Waals surface area (Å²) >= 11 is 5.64. The lowest BCUT2D eigenvalue weighted by molar-refractivity contribution is 0.00206. The number of alkyl halides is 2. The van der Waals surface area contributed by atoms with Gasteiger partial charge in [-0.1, -0.05) is 0 Å². The highest BCUT2D eigenvalue weighted by atomic mass is 35.5. The first kappa shape index (κ1) is 8.24. The molecule has 1 unspecified atom stereocenters. The van der Waals surface area contributed by atoms with E-state index in [2.05, 4.69) is 0 Å². The van der Waals surface area contributed by atoms with Crippen LogP contribution in [0.15, 0.2) is 0 Å². The van der Waals surface area contributed by atoms with Gasteiger partial charge in [-0.05, 0) is 6.92 Å². The Bertz CT molecular complexity index is 122. The molecule has 0 amide bonds. The second kappa shape index (κ2) is 3.03. The van der Waals surface area contributed by atoms with E-state index < -0.39 is 24.3 Å². The van der Waals surface area contributed by atoms with Crippen LogP contribution in [0.4, 0.5) is 4.39 Å². The van der Waals surface area contributed by atoms with E-state index in [1.807, 2.05) is 0 Å². The van der Waals surface area contributed by atoms with Crippen molar-refractivity contribution in [2.75, 3.05) is 6.67 Å². The number of hydrogen-bond donors (Lipinski definition) is 1. The second-order valence-electron chi connectivity index (χ2n) is 2.47. The smallest absolute Gasteiger partial charge is 0.118 e. The van der Waals surface area contributed by atoms with E-state index in [1.165, 1.54) is 0 Å². The lowest BCUT2D eigenvalue weighted by Crippen LogP contribution is -2.28. The average Bonchev–Trinajstić information content (AvgIpc) is 2.17. The van der Waals surface area contributed by atoms with Crippen molar-refractivity contribution >= 4 is 11.6 Å². The Labute approximate surface area is 63.9 Å². The fourth-order valence-corrected chi connectivity index (χ4v) is 1.26. The van der Waals surface area contributed by atoms with E-state index >= 15 is 0 Å².